The monoisotopic (exact) mass is 329 g/mol. The minimum absolute atomic E-state index is 0.0336. The van der Waals surface area contributed by atoms with Crippen LogP contribution in [0.2, 0.25) is 0 Å². The molecular formula is C17H22F3NO2. The summed E-state index contributed by atoms with van der Waals surface area (Å²) < 4.78 is 43.4. The molecule has 0 aromatic heterocycles. The number of halogens is 3. The summed E-state index contributed by atoms with van der Waals surface area (Å²) in [7, 11) is 0. The van der Waals surface area contributed by atoms with Crippen LogP contribution in [0.5, 0.6) is 0 Å². The molecule has 1 saturated heterocycles. The van der Waals surface area contributed by atoms with Gasteiger partial charge in [0.05, 0.1) is 18.1 Å². The summed E-state index contributed by atoms with van der Waals surface area (Å²) in [5, 5.41) is 2.79. The number of alkyl halides is 3. The molecule has 0 radical (unpaired) electrons. The molecule has 0 unspecified atom stereocenters. The third-order valence-electron chi connectivity index (χ3n) is 4.09. The maximum absolute atomic E-state index is 12.6. The fraction of sp³-hybridized carbons (Fsp3) is 0.588. The second-order valence-electron chi connectivity index (χ2n) is 6.09. The van der Waals surface area contributed by atoms with Crippen molar-refractivity contribution in [2.75, 3.05) is 13.2 Å². The molecule has 6 heteroatoms. The van der Waals surface area contributed by atoms with Crippen LogP contribution in [-0.2, 0) is 22.1 Å². The summed E-state index contributed by atoms with van der Waals surface area (Å²) in [6.07, 6.45) is -1.30. The van der Waals surface area contributed by atoms with Gasteiger partial charge < -0.3 is 10.1 Å². The summed E-state index contributed by atoms with van der Waals surface area (Å²) in [5.41, 5.74) is -0.351. The fourth-order valence-corrected chi connectivity index (χ4v) is 2.87. The van der Waals surface area contributed by atoms with Gasteiger partial charge in [-0.25, -0.2) is 0 Å². The zero-order valence-electron chi connectivity index (χ0n) is 13.2. The van der Waals surface area contributed by atoms with Gasteiger partial charge >= 0.3 is 6.18 Å². The van der Waals surface area contributed by atoms with E-state index in [9.17, 15) is 18.0 Å². The Hall–Kier alpha value is -1.56. The van der Waals surface area contributed by atoms with Crippen molar-refractivity contribution in [3.05, 3.63) is 35.4 Å². The lowest BCUT2D eigenvalue weighted by Crippen LogP contribution is -2.30. The summed E-state index contributed by atoms with van der Waals surface area (Å²) >= 11 is 0. The van der Waals surface area contributed by atoms with Crippen LogP contribution >= 0.6 is 0 Å². The van der Waals surface area contributed by atoms with Gasteiger partial charge in [0.1, 0.15) is 0 Å². The van der Waals surface area contributed by atoms with Crippen molar-refractivity contribution in [3.63, 3.8) is 0 Å². The first-order valence-corrected chi connectivity index (χ1v) is 7.89. The number of benzene rings is 1. The molecule has 1 aliphatic rings. The summed E-state index contributed by atoms with van der Waals surface area (Å²) in [6.45, 7) is 3.34. The van der Waals surface area contributed by atoms with Gasteiger partial charge in [-0.15, -0.1) is 0 Å². The van der Waals surface area contributed by atoms with Crippen molar-refractivity contribution in [3.8, 4) is 0 Å². The Kier molecular flexibility index (Phi) is 6.04. The van der Waals surface area contributed by atoms with Crippen LogP contribution in [-0.4, -0.2) is 25.2 Å². The van der Waals surface area contributed by atoms with Crippen molar-refractivity contribution < 1.29 is 22.7 Å². The SMILES string of the molecule is C[C@H]1C[C@@H](CCNC(=O)Cc2cccc(C(F)(F)F)c2)CCO1. The van der Waals surface area contributed by atoms with Gasteiger partial charge in [-0.1, -0.05) is 18.2 Å². The molecule has 0 saturated carbocycles. The van der Waals surface area contributed by atoms with Gasteiger partial charge in [0, 0.05) is 13.2 Å². The Labute approximate surface area is 134 Å². The molecule has 1 aromatic rings. The molecule has 128 valence electrons. The molecule has 1 aromatic carbocycles. The zero-order chi connectivity index (χ0) is 16.9. The number of ether oxygens (including phenoxy) is 1. The molecule has 1 N–H and O–H groups in total. The van der Waals surface area contributed by atoms with Gasteiger partial charge in [-0.3, -0.25) is 4.79 Å². The molecule has 0 aliphatic carbocycles. The Morgan fingerprint density at radius 2 is 2.17 bits per heavy atom. The molecule has 0 bridgehead atoms. The lowest BCUT2D eigenvalue weighted by Gasteiger charge is -2.27. The Bertz CT molecular complexity index is 531. The van der Waals surface area contributed by atoms with Crippen LogP contribution in [0.25, 0.3) is 0 Å². The number of hydrogen-bond donors (Lipinski definition) is 1. The highest BCUT2D eigenvalue weighted by Gasteiger charge is 2.30. The molecule has 1 aliphatic heterocycles. The smallest absolute Gasteiger partial charge is 0.378 e. The highest BCUT2D eigenvalue weighted by atomic mass is 19.4. The van der Waals surface area contributed by atoms with Crippen LogP contribution in [0, 0.1) is 5.92 Å². The lowest BCUT2D eigenvalue weighted by molar-refractivity contribution is -0.137. The Morgan fingerprint density at radius 1 is 1.39 bits per heavy atom. The molecule has 1 heterocycles. The predicted molar refractivity (Wildman–Crippen MR) is 80.9 cm³/mol. The maximum Gasteiger partial charge on any atom is 0.416 e. The van der Waals surface area contributed by atoms with Crippen LogP contribution < -0.4 is 5.32 Å². The zero-order valence-corrected chi connectivity index (χ0v) is 13.2. The van der Waals surface area contributed by atoms with E-state index in [0.717, 1.165) is 38.0 Å². The van der Waals surface area contributed by atoms with E-state index in [-0.39, 0.29) is 18.4 Å². The van der Waals surface area contributed by atoms with Crippen molar-refractivity contribution in [1.29, 1.82) is 0 Å². The molecule has 3 nitrogen and oxygen atoms in total. The normalized spacial score (nSPS) is 21.9. The molecule has 2 atom stereocenters. The number of carbonyl (C=O) groups is 1. The predicted octanol–water partition coefficient (Wildman–Crippen LogP) is 3.57. The minimum Gasteiger partial charge on any atom is -0.378 e. The van der Waals surface area contributed by atoms with Gasteiger partial charge in [0.25, 0.3) is 0 Å². The highest BCUT2D eigenvalue weighted by molar-refractivity contribution is 5.78. The Balaban J connectivity index is 1.76. The Morgan fingerprint density at radius 3 is 2.87 bits per heavy atom. The molecule has 23 heavy (non-hydrogen) atoms. The van der Waals surface area contributed by atoms with Gasteiger partial charge in [0.15, 0.2) is 0 Å². The van der Waals surface area contributed by atoms with Crippen molar-refractivity contribution in [2.45, 2.75) is 44.9 Å². The van der Waals surface area contributed by atoms with Gasteiger partial charge in [-0.2, -0.15) is 13.2 Å². The first-order valence-electron chi connectivity index (χ1n) is 7.89. The second-order valence-corrected chi connectivity index (χ2v) is 6.09. The van der Waals surface area contributed by atoms with E-state index in [1.807, 2.05) is 6.92 Å². The number of carbonyl (C=O) groups excluding carboxylic acids is 1. The van der Waals surface area contributed by atoms with Crippen LogP contribution in [0.15, 0.2) is 24.3 Å². The van der Waals surface area contributed by atoms with Gasteiger partial charge in [0.2, 0.25) is 5.91 Å². The lowest BCUT2D eigenvalue weighted by atomic mass is 9.93. The number of nitrogens with one attached hydrogen (secondary N) is 1. The summed E-state index contributed by atoms with van der Waals surface area (Å²) in [6, 6.07) is 4.90. The van der Waals surface area contributed by atoms with Crippen molar-refractivity contribution in [2.24, 2.45) is 5.92 Å². The second kappa shape index (κ2) is 7.81. The average molecular weight is 329 g/mol. The van der Waals surface area contributed by atoms with E-state index in [1.165, 1.54) is 12.1 Å². The third kappa shape index (κ3) is 5.86. The number of rotatable bonds is 5. The van der Waals surface area contributed by atoms with E-state index >= 15 is 0 Å². The largest absolute Gasteiger partial charge is 0.416 e. The van der Waals surface area contributed by atoms with Crippen molar-refractivity contribution >= 4 is 5.91 Å². The summed E-state index contributed by atoms with van der Waals surface area (Å²) in [5.74, 6) is 0.289. The molecule has 1 fully saturated rings. The van der Waals surface area contributed by atoms with E-state index in [1.54, 1.807) is 0 Å². The fourth-order valence-electron chi connectivity index (χ4n) is 2.87. The average Bonchev–Trinajstić information content (AvgIpc) is 2.46. The van der Waals surface area contributed by atoms with E-state index in [2.05, 4.69) is 5.32 Å². The maximum atomic E-state index is 12.6. The van der Waals surface area contributed by atoms with Crippen LogP contribution in [0.1, 0.15) is 37.3 Å². The molecular weight excluding hydrogens is 307 g/mol. The van der Waals surface area contributed by atoms with E-state index in [0.29, 0.717) is 18.0 Å². The number of amides is 1. The van der Waals surface area contributed by atoms with Gasteiger partial charge in [-0.05, 0) is 43.7 Å². The van der Waals surface area contributed by atoms with E-state index < -0.39 is 11.7 Å². The quantitative estimate of drug-likeness (QED) is 0.897. The topological polar surface area (TPSA) is 38.3 Å². The van der Waals surface area contributed by atoms with Crippen LogP contribution in [0.4, 0.5) is 13.2 Å². The first kappa shape index (κ1) is 17.8. The third-order valence-corrected chi connectivity index (χ3v) is 4.09. The molecule has 2 rings (SSSR count). The summed E-state index contributed by atoms with van der Waals surface area (Å²) in [4.78, 5) is 11.9. The minimum atomic E-state index is -4.38. The van der Waals surface area contributed by atoms with E-state index in [4.69, 9.17) is 4.74 Å². The number of hydrogen-bond acceptors (Lipinski definition) is 2. The highest BCUT2D eigenvalue weighted by Crippen LogP contribution is 2.29. The van der Waals surface area contributed by atoms with Crippen LogP contribution in [0.3, 0.4) is 0 Å². The first-order chi connectivity index (χ1) is 10.8. The van der Waals surface area contributed by atoms with Crippen molar-refractivity contribution in [1.82, 2.24) is 5.32 Å². The molecule has 0 spiro atoms. The standard InChI is InChI=1S/C17H22F3NO2/c1-12-9-13(6-8-23-12)5-7-21-16(22)11-14-3-2-4-15(10-14)17(18,19)20/h2-4,10,12-13H,5-9,11H2,1H3,(H,21,22)/t12-,13-/m0/s1. The molecule has 1 amide bonds.